The van der Waals surface area contributed by atoms with Gasteiger partial charge >= 0.3 is 0 Å². The molecule has 2 heterocycles. The van der Waals surface area contributed by atoms with Crippen molar-refractivity contribution in [2.24, 2.45) is 0 Å². The molecule has 0 aliphatic carbocycles. The second-order valence-corrected chi connectivity index (χ2v) is 8.84. The van der Waals surface area contributed by atoms with Crippen molar-refractivity contribution in [1.82, 2.24) is 14.5 Å². The highest BCUT2D eigenvalue weighted by atomic mass is 16.5. The van der Waals surface area contributed by atoms with Gasteiger partial charge in [0.2, 0.25) is 0 Å². The van der Waals surface area contributed by atoms with Gasteiger partial charge in [0.1, 0.15) is 17.3 Å². The summed E-state index contributed by atoms with van der Waals surface area (Å²) in [5, 5.41) is 11.2. The summed E-state index contributed by atoms with van der Waals surface area (Å²) in [6.07, 6.45) is 5.90. The number of ketones is 1. The third kappa shape index (κ3) is 5.43. The molecular formula is C28H31N3O5. The Morgan fingerprint density at radius 3 is 2.33 bits per heavy atom. The molecule has 1 N–H and O–H groups in total. The van der Waals surface area contributed by atoms with Crippen LogP contribution in [0, 0.1) is 0 Å². The summed E-state index contributed by atoms with van der Waals surface area (Å²) in [5.74, 6) is -0.179. The lowest BCUT2D eigenvalue weighted by Gasteiger charge is -2.25. The van der Waals surface area contributed by atoms with E-state index in [-0.39, 0.29) is 17.4 Å². The number of nitrogens with zero attached hydrogens (tertiary/aromatic N) is 3. The van der Waals surface area contributed by atoms with E-state index in [1.165, 1.54) is 4.90 Å². The highest BCUT2D eigenvalue weighted by molar-refractivity contribution is 6.46. The van der Waals surface area contributed by atoms with Crippen molar-refractivity contribution in [2.45, 2.75) is 45.9 Å². The Balaban J connectivity index is 1.69. The molecule has 0 radical (unpaired) electrons. The van der Waals surface area contributed by atoms with Crippen molar-refractivity contribution in [3.63, 3.8) is 0 Å². The lowest BCUT2D eigenvalue weighted by atomic mass is 9.95. The number of aromatic nitrogens is 2. The minimum atomic E-state index is -0.713. The first-order valence-electron chi connectivity index (χ1n) is 12.1. The number of amides is 1. The molecule has 188 valence electrons. The number of benzene rings is 2. The molecule has 3 aromatic rings. The van der Waals surface area contributed by atoms with E-state index in [1.54, 1.807) is 36.8 Å². The maximum absolute atomic E-state index is 13.2. The fraction of sp³-hybridized carbons (Fsp3) is 0.321. The highest BCUT2D eigenvalue weighted by Gasteiger charge is 2.45. The largest absolute Gasteiger partial charge is 0.507 e. The van der Waals surface area contributed by atoms with Crippen LogP contribution in [0.15, 0.2) is 72.8 Å². The number of aliphatic hydroxyl groups excluding tert-OH is 1. The lowest BCUT2D eigenvalue weighted by Crippen LogP contribution is -2.31. The second-order valence-electron chi connectivity index (χ2n) is 8.84. The van der Waals surface area contributed by atoms with E-state index >= 15 is 0 Å². The number of Topliss-reactive ketones (excluding diaryl/α,β-unsaturated/α-hetero) is 1. The Hall–Kier alpha value is -4.07. The number of aliphatic hydroxyl groups is 1. The molecular weight excluding hydrogens is 458 g/mol. The first kappa shape index (κ1) is 25.0. The number of hydrogen-bond acceptors (Lipinski definition) is 6. The monoisotopic (exact) mass is 489 g/mol. The molecule has 0 unspecified atom stereocenters. The number of aryl methyl sites for hydroxylation is 1. The molecule has 0 spiro atoms. The molecule has 1 aromatic heterocycles. The Morgan fingerprint density at radius 1 is 1.03 bits per heavy atom. The molecule has 1 atom stereocenters. The predicted octanol–water partition coefficient (Wildman–Crippen LogP) is 4.58. The summed E-state index contributed by atoms with van der Waals surface area (Å²) in [4.78, 5) is 31.9. The van der Waals surface area contributed by atoms with Gasteiger partial charge in [-0.3, -0.25) is 9.59 Å². The van der Waals surface area contributed by atoms with Gasteiger partial charge < -0.3 is 24.0 Å². The van der Waals surface area contributed by atoms with Gasteiger partial charge in [-0.05, 0) is 69.2 Å². The summed E-state index contributed by atoms with van der Waals surface area (Å²) < 4.78 is 13.2. The first-order valence-corrected chi connectivity index (χ1v) is 12.1. The molecule has 1 fully saturated rings. The number of ether oxygens (including phenoxy) is 2. The van der Waals surface area contributed by atoms with Gasteiger partial charge in [0, 0.05) is 31.0 Å². The molecule has 8 heteroatoms. The molecule has 1 saturated heterocycles. The summed E-state index contributed by atoms with van der Waals surface area (Å²) in [6.45, 7) is 7.29. The molecule has 0 saturated carbocycles. The quantitative estimate of drug-likeness (QED) is 0.255. The average Bonchev–Trinajstić information content (AvgIpc) is 3.47. The van der Waals surface area contributed by atoms with Crippen LogP contribution in [-0.4, -0.2) is 50.5 Å². The molecule has 1 aliphatic rings. The van der Waals surface area contributed by atoms with Crippen LogP contribution in [-0.2, 0) is 16.1 Å². The minimum Gasteiger partial charge on any atom is -0.507 e. The van der Waals surface area contributed by atoms with Crippen LogP contribution in [0.5, 0.6) is 11.5 Å². The summed E-state index contributed by atoms with van der Waals surface area (Å²) in [6, 6.07) is 13.4. The first-order chi connectivity index (χ1) is 17.4. The zero-order valence-corrected chi connectivity index (χ0v) is 20.8. The van der Waals surface area contributed by atoms with Crippen LogP contribution in [0.25, 0.3) is 5.76 Å². The van der Waals surface area contributed by atoms with Gasteiger partial charge in [0.15, 0.2) is 0 Å². The topological polar surface area (TPSA) is 93.9 Å². The van der Waals surface area contributed by atoms with Gasteiger partial charge in [0.25, 0.3) is 11.7 Å². The summed E-state index contributed by atoms with van der Waals surface area (Å²) in [7, 11) is 0. The van der Waals surface area contributed by atoms with Crippen LogP contribution in [0.2, 0.25) is 0 Å². The summed E-state index contributed by atoms with van der Waals surface area (Å²) >= 11 is 0. The van der Waals surface area contributed by atoms with Gasteiger partial charge in [-0.25, -0.2) is 4.98 Å². The third-order valence-electron chi connectivity index (χ3n) is 5.92. The lowest BCUT2D eigenvalue weighted by molar-refractivity contribution is -0.139. The number of imidazole rings is 1. The minimum absolute atomic E-state index is 0.0109. The SMILES string of the molecule is CCOc1ccc([C@@H]2C(=C(O)c3ccc(OC(C)C)cc3)C(=O)C(=O)N2CCCn2ccnc2)cc1. The van der Waals surface area contributed by atoms with Crippen LogP contribution in [0.3, 0.4) is 0 Å². The van der Waals surface area contributed by atoms with Crippen molar-refractivity contribution in [2.75, 3.05) is 13.2 Å². The number of rotatable bonds is 10. The van der Waals surface area contributed by atoms with Gasteiger partial charge in [0.05, 0.1) is 30.7 Å². The normalized spacial score (nSPS) is 17.1. The predicted molar refractivity (Wildman–Crippen MR) is 136 cm³/mol. The van der Waals surface area contributed by atoms with Gasteiger partial charge in [-0.2, -0.15) is 0 Å². The van der Waals surface area contributed by atoms with Crippen molar-refractivity contribution < 1.29 is 24.2 Å². The van der Waals surface area contributed by atoms with Crippen LogP contribution in [0.1, 0.15) is 44.4 Å². The van der Waals surface area contributed by atoms with Gasteiger partial charge in [-0.15, -0.1) is 0 Å². The Bertz CT molecular complexity index is 1220. The van der Waals surface area contributed by atoms with E-state index in [4.69, 9.17) is 9.47 Å². The van der Waals surface area contributed by atoms with Gasteiger partial charge in [-0.1, -0.05) is 12.1 Å². The molecule has 1 amide bonds. The van der Waals surface area contributed by atoms with Crippen molar-refractivity contribution in [3.05, 3.63) is 84.0 Å². The second kappa shape index (κ2) is 11.1. The maximum atomic E-state index is 13.2. The highest BCUT2D eigenvalue weighted by Crippen LogP contribution is 2.40. The van der Waals surface area contributed by atoms with Crippen LogP contribution < -0.4 is 9.47 Å². The molecule has 1 aliphatic heterocycles. The van der Waals surface area contributed by atoms with E-state index < -0.39 is 17.7 Å². The standard InChI is InChI=1S/C28H31N3O5/c1-4-35-22-10-6-20(7-11-22)25-24(26(32)21-8-12-23(13-9-21)36-19(2)3)27(33)28(34)31(25)16-5-15-30-17-14-29-18-30/h6-14,17-19,25,32H,4-5,15-16H2,1-3H3/t25-/m1/s1. The van der Waals surface area contributed by atoms with E-state index in [9.17, 15) is 14.7 Å². The molecule has 8 nitrogen and oxygen atoms in total. The molecule has 4 rings (SSSR count). The van der Waals surface area contributed by atoms with Crippen molar-refractivity contribution in [3.8, 4) is 11.5 Å². The van der Waals surface area contributed by atoms with Crippen LogP contribution >= 0.6 is 0 Å². The number of likely N-dealkylation sites (tertiary alicyclic amines) is 1. The number of carbonyl (C=O) groups is 2. The number of hydrogen-bond donors (Lipinski definition) is 1. The van der Waals surface area contributed by atoms with E-state index in [0.717, 1.165) is 5.56 Å². The Kier molecular flexibility index (Phi) is 7.73. The maximum Gasteiger partial charge on any atom is 0.295 e. The summed E-state index contributed by atoms with van der Waals surface area (Å²) in [5.41, 5.74) is 1.24. The smallest absolute Gasteiger partial charge is 0.295 e. The molecule has 2 aromatic carbocycles. The fourth-order valence-electron chi connectivity index (χ4n) is 4.33. The van der Waals surface area contributed by atoms with E-state index in [0.29, 0.717) is 43.2 Å². The fourth-order valence-corrected chi connectivity index (χ4v) is 4.33. The number of carbonyl (C=O) groups excluding carboxylic acids is 2. The van der Waals surface area contributed by atoms with Crippen LogP contribution in [0.4, 0.5) is 0 Å². The van der Waals surface area contributed by atoms with E-state index in [2.05, 4.69) is 4.98 Å². The third-order valence-corrected chi connectivity index (χ3v) is 5.92. The van der Waals surface area contributed by atoms with Crippen molar-refractivity contribution >= 4 is 17.4 Å². The molecule has 0 bridgehead atoms. The zero-order chi connectivity index (χ0) is 25.7. The van der Waals surface area contributed by atoms with Crippen molar-refractivity contribution in [1.29, 1.82) is 0 Å². The molecule has 36 heavy (non-hydrogen) atoms. The Labute approximate surface area is 210 Å². The Morgan fingerprint density at radius 2 is 1.72 bits per heavy atom. The van der Waals surface area contributed by atoms with E-state index in [1.807, 2.05) is 55.8 Å². The zero-order valence-electron chi connectivity index (χ0n) is 20.8. The average molecular weight is 490 g/mol.